The van der Waals surface area contributed by atoms with Crippen LogP contribution in [0.4, 0.5) is 0 Å². The molecule has 0 bridgehead atoms. The van der Waals surface area contributed by atoms with Crippen LogP contribution < -0.4 is 0 Å². The third kappa shape index (κ3) is 3.75. The molecule has 106 valence electrons. The highest BCUT2D eigenvalue weighted by Gasteiger charge is 2.49. The lowest BCUT2D eigenvalue weighted by Crippen LogP contribution is -2.21. The molecule has 0 radical (unpaired) electrons. The predicted octanol–water partition coefficient (Wildman–Crippen LogP) is 5.13. The van der Waals surface area contributed by atoms with Gasteiger partial charge in [0.05, 0.1) is 0 Å². The second-order valence-corrected chi connectivity index (χ2v) is 6.98. The monoisotopic (exact) mass is 259 g/mol. The fraction of sp³-hybridized carbons (Fsp3) is 0.667. The Balaban J connectivity index is 1.79. The summed E-state index contributed by atoms with van der Waals surface area (Å²) in [6.07, 6.45) is 10.9. The van der Waals surface area contributed by atoms with Crippen LogP contribution in [0.25, 0.3) is 0 Å². The molecule has 0 spiro atoms. The van der Waals surface area contributed by atoms with E-state index in [-0.39, 0.29) is 0 Å². The maximum atomic E-state index is 4.25. The van der Waals surface area contributed by atoms with E-state index in [4.69, 9.17) is 0 Å². The highest BCUT2D eigenvalue weighted by atomic mass is 15.1. The minimum Gasteiger partial charge on any atom is -0.352 e. The van der Waals surface area contributed by atoms with Gasteiger partial charge in [-0.05, 0) is 69.4 Å². The summed E-state index contributed by atoms with van der Waals surface area (Å²) in [7, 11) is 0. The van der Waals surface area contributed by atoms with Crippen LogP contribution in [0.5, 0.6) is 0 Å². The highest BCUT2D eigenvalue weighted by molar-refractivity contribution is 5.12. The summed E-state index contributed by atoms with van der Waals surface area (Å²) < 4.78 is 0. The van der Waals surface area contributed by atoms with Gasteiger partial charge < -0.3 is 4.90 Å². The average molecular weight is 259 g/mol. The first-order valence-electron chi connectivity index (χ1n) is 7.67. The maximum Gasteiger partial charge on any atom is 0.0255 e. The Bertz CT molecular complexity index is 384. The van der Waals surface area contributed by atoms with Gasteiger partial charge in [0.1, 0.15) is 0 Å². The number of hydrogen-bond acceptors (Lipinski definition) is 1. The quantitative estimate of drug-likeness (QED) is 0.546. The van der Waals surface area contributed by atoms with Crippen molar-refractivity contribution in [1.29, 1.82) is 0 Å². The first-order valence-corrected chi connectivity index (χ1v) is 7.67. The average Bonchev–Trinajstić information content (AvgIpc) is 3.22. The molecule has 0 saturated heterocycles. The van der Waals surface area contributed by atoms with Gasteiger partial charge in [-0.2, -0.15) is 0 Å². The minimum atomic E-state index is 0.553. The molecule has 2 atom stereocenters. The molecule has 0 aromatic heterocycles. The van der Waals surface area contributed by atoms with Gasteiger partial charge in [0.25, 0.3) is 0 Å². The first-order chi connectivity index (χ1) is 8.96. The van der Waals surface area contributed by atoms with Crippen molar-refractivity contribution >= 4 is 0 Å². The Hall–Kier alpha value is -0.980. The van der Waals surface area contributed by atoms with E-state index >= 15 is 0 Å². The second-order valence-electron chi connectivity index (χ2n) is 6.98. The molecule has 2 fully saturated rings. The van der Waals surface area contributed by atoms with Crippen molar-refractivity contribution in [3.63, 3.8) is 0 Å². The number of hydrogen-bond donors (Lipinski definition) is 0. The number of allylic oxidation sites excluding steroid dienone is 3. The van der Waals surface area contributed by atoms with Gasteiger partial charge in [0.15, 0.2) is 0 Å². The van der Waals surface area contributed by atoms with Crippen molar-refractivity contribution in [3.8, 4) is 0 Å². The molecule has 0 aliphatic heterocycles. The molecule has 0 amide bonds. The fourth-order valence-electron chi connectivity index (χ4n) is 2.98. The van der Waals surface area contributed by atoms with Crippen molar-refractivity contribution in [2.45, 2.75) is 52.9 Å². The standard InChI is InChI=1S/C18H29N/c1-6-19(15(4)16-9-10-16)13-17-12-18(17,5)11-7-8-14(2)3/h6,8,16-17H,1,4,7,9-13H2,2-3,5H3. The van der Waals surface area contributed by atoms with Crippen molar-refractivity contribution in [1.82, 2.24) is 4.90 Å². The maximum absolute atomic E-state index is 4.25. The van der Waals surface area contributed by atoms with Crippen LogP contribution >= 0.6 is 0 Å². The van der Waals surface area contributed by atoms with Crippen LogP contribution in [0.2, 0.25) is 0 Å². The zero-order valence-electron chi connectivity index (χ0n) is 12.9. The Morgan fingerprint density at radius 3 is 2.58 bits per heavy atom. The topological polar surface area (TPSA) is 3.24 Å². The van der Waals surface area contributed by atoms with Gasteiger partial charge in [-0.25, -0.2) is 0 Å². The minimum absolute atomic E-state index is 0.553. The molecule has 0 heterocycles. The summed E-state index contributed by atoms with van der Waals surface area (Å²) in [5, 5.41) is 0. The molecule has 2 aliphatic rings. The third-order valence-electron chi connectivity index (χ3n) is 4.86. The first kappa shape index (κ1) is 14.4. The molecular weight excluding hydrogens is 230 g/mol. The summed E-state index contributed by atoms with van der Waals surface area (Å²) >= 11 is 0. The summed E-state index contributed by atoms with van der Waals surface area (Å²) in [4.78, 5) is 2.31. The van der Waals surface area contributed by atoms with Crippen LogP contribution in [0.1, 0.15) is 52.9 Å². The smallest absolute Gasteiger partial charge is 0.0255 e. The highest BCUT2D eigenvalue weighted by Crippen LogP contribution is 2.56. The van der Waals surface area contributed by atoms with Gasteiger partial charge in [-0.1, -0.05) is 31.7 Å². The molecule has 0 aromatic rings. The molecule has 0 aromatic carbocycles. The van der Waals surface area contributed by atoms with Crippen molar-refractivity contribution in [2.75, 3.05) is 6.54 Å². The van der Waals surface area contributed by atoms with Gasteiger partial charge in [0.2, 0.25) is 0 Å². The van der Waals surface area contributed by atoms with Crippen LogP contribution in [-0.2, 0) is 0 Å². The lowest BCUT2D eigenvalue weighted by Gasteiger charge is -2.23. The molecule has 2 rings (SSSR count). The largest absolute Gasteiger partial charge is 0.352 e. The molecule has 1 heteroatoms. The van der Waals surface area contributed by atoms with E-state index in [0.29, 0.717) is 5.41 Å². The van der Waals surface area contributed by atoms with Crippen LogP contribution in [-0.4, -0.2) is 11.4 Å². The zero-order chi connectivity index (χ0) is 14.0. The molecule has 19 heavy (non-hydrogen) atoms. The van der Waals surface area contributed by atoms with Crippen LogP contribution in [0, 0.1) is 17.3 Å². The van der Waals surface area contributed by atoms with Gasteiger partial charge >= 0.3 is 0 Å². The normalized spacial score (nSPS) is 28.7. The second kappa shape index (κ2) is 5.56. The lowest BCUT2D eigenvalue weighted by atomic mass is 9.98. The van der Waals surface area contributed by atoms with E-state index < -0.39 is 0 Å². The SMILES string of the molecule is C=CN(CC1CC1(C)CCC=C(C)C)C(=C)C1CC1. The summed E-state index contributed by atoms with van der Waals surface area (Å²) in [5.74, 6) is 1.57. The lowest BCUT2D eigenvalue weighted by molar-refractivity contribution is 0.366. The van der Waals surface area contributed by atoms with E-state index in [9.17, 15) is 0 Å². The molecule has 1 nitrogen and oxygen atoms in total. The van der Waals surface area contributed by atoms with Gasteiger partial charge in [-0.15, -0.1) is 0 Å². The summed E-state index contributed by atoms with van der Waals surface area (Å²) in [6.45, 7) is 16.2. The van der Waals surface area contributed by atoms with E-state index in [1.807, 2.05) is 6.20 Å². The van der Waals surface area contributed by atoms with Crippen LogP contribution in [0.15, 0.2) is 36.7 Å². The molecule has 2 unspecified atom stereocenters. The van der Waals surface area contributed by atoms with Crippen LogP contribution in [0.3, 0.4) is 0 Å². The van der Waals surface area contributed by atoms with Crippen molar-refractivity contribution in [3.05, 3.63) is 36.7 Å². The Morgan fingerprint density at radius 1 is 1.37 bits per heavy atom. The van der Waals surface area contributed by atoms with Crippen molar-refractivity contribution < 1.29 is 0 Å². The predicted molar refractivity (Wildman–Crippen MR) is 83.6 cm³/mol. The summed E-state index contributed by atoms with van der Waals surface area (Å²) in [6, 6.07) is 0. The van der Waals surface area contributed by atoms with Gasteiger partial charge in [-0.3, -0.25) is 0 Å². The zero-order valence-corrected chi connectivity index (χ0v) is 12.9. The molecule has 2 saturated carbocycles. The van der Waals surface area contributed by atoms with E-state index in [1.54, 1.807) is 0 Å². The Morgan fingerprint density at radius 2 is 2.05 bits per heavy atom. The molecular formula is C18H29N. The third-order valence-corrected chi connectivity index (χ3v) is 4.86. The van der Waals surface area contributed by atoms with E-state index in [2.05, 4.69) is 44.9 Å². The number of rotatable bonds is 8. The molecule has 2 aliphatic carbocycles. The molecule has 0 N–H and O–H groups in total. The Labute approximate surface area is 119 Å². The van der Waals surface area contributed by atoms with Crippen molar-refractivity contribution in [2.24, 2.45) is 17.3 Å². The number of nitrogens with zero attached hydrogens (tertiary/aromatic N) is 1. The summed E-state index contributed by atoms with van der Waals surface area (Å²) in [5.41, 5.74) is 3.29. The van der Waals surface area contributed by atoms with E-state index in [0.717, 1.165) is 18.4 Å². The fourth-order valence-corrected chi connectivity index (χ4v) is 2.98. The van der Waals surface area contributed by atoms with Gasteiger partial charge in [0, 0.05) is 12.2 Å². The Kier molecular flexibility index (Phi) is 4.23. The van der Waals surface area contributed by atoms with E-state index in [1.165, 1.54) is 43.4 Å².